The number of nitrogens with two attached hydrogens (primary N) is 1. The molecule has 0 saturated carbocycles. The van der Waals surface area contributed by atoms with Gasteiger partial charge >= 0.3 is 0 Å². The fraction of sp³-hybridized carbons (Fsp3) is 0.143. The highest BCUT2D eigenvalue weighted by Crippen LogP contribution is 2.29. The fourth-order valence-electron chi connectivity index (χ4n) is 1.70. The van der Waals surface area contributed by atoms with Crippen molar-refractivity contribution >= 4 is 25.8 Å². The molecule has 2 aromatic carbocycles. The Labute approximate surface area is 126 Å². The minimum absolute atomic E-state index is 0.224. The molecule has 0 aliphatic carbocycles. The number of hydrogen-bond acceptors (Lipinski definition) is 4. The van der Waals surface area contributed by atoms with E-state index in [2.05, 4.69) is 15.9 Å². The number of rotatable bonds is 4. The van der Waals surface area contributed by atoms with Gasteiger partial charge in [0.15, 0.2) is 9.84 Å². The molecule has 0 aliphatic rings. The first-order valence-corrected chi connectivity index (χ1v) is 8.55. The second-order valence-electron chi connectivity index (χ2n) is 4.31. The van der Waals surface area contributed by atoms with E-state index < -0.39 is 9.84 Å². The van der Waals surface area contributed by atoms with Crippen LogP contribution in [-0.2, 0) is 16.4 Å². The lowest BCUT2D eigenvalue weighted by atomic mass is 10.2. The van der Waals surface area contributed by atoms with Gasteiger partial charge in [-0.1, -0.05) is 22.0 Å². The molecule has 0 atom stereocenters. The van der Waals surface area contributed by atoms with Crippen molar-refractivity contribution in [1.82, 2.24) is 0 Å². The zero-order chi connectivity index (χ0) is 14.8. The molecule has 0 radical (unpaired) electrons. The van der Waals surface area contributed by atoms with Crippen LogP contribution in [0.4, 0.5) is 0 Å². The van der Waals surface area contributed by atoms with Gasteiger partial charge in [0.05, 0.1) is 4.90 Å². The summed E-state index contributed by atoms with van der Waals surface area (Å²) >= 11 is 3.37. The number of ether oxygens (including phenoxy) is 1. The summed E-state index contributed by atoms with van der Waals surface area (Å²) in [6.07, 6.45) is 1.16. The SMILES string of the molecule is CS(=O)(=O)c1cccc(Oc2ccc(Br)cc2CN)c1. The molecule has 20 heavy (non-hydrogen) atoms. The Balaban J connectivity index is 2.36. The van der Waals surface area contributed by atoms with E-state index in [-0.39, 0.29) is 4.90 Å². The van der Waals surface area contributed by atoms with Crippen LogP contribution in [0.2, 0.25) is 0 Å². The van der Waals surface area contributed by atoms with Gasteiger partial charge in [-0.05, 0) is 36.4 Å². The Morgan fingerprint density at radius 2 is 1.95 bits per heavy atom. The van der Waals surface area contributed by atoms with Gasteiger partial charge in [-0.2, -0.15) is 0 Å². The van der Waals surface area contributed by atoms with Crippen molar-refractivity contribution < 1.29 is 13.2 Å². The topological polar surface area (TPSA) is 69.4 Å². The van der Waals surface area contributed by atoms with Crippen molar-refractivity contribution in [2.45, 2.75) is 11.4 Å². The Hall–Kier alpha value is -1.37. The molecule has 0 bridgehead atoms. The molecule has 2 rings (SSSR count). The minimum atomic E-state index is -3.25. The van der Waals surface area contributed by atoms with Crippen LogP contribution in [0.25, 0.3) is 0 Å². The average molecular weight is 356 g/mol. The van der Waals surface area contributed by atoms with Crippen LogP contribution < -0.4 is 10.5 Å². The van der Waals surface area contributed by atoms with Crippen LogP contribution in [0.5, 0.6) is 11.5 Å². The van der Waals surface area contributed by atoms with Crippen LogP contribution in [-0.4, -0.2) is 14.7 Å². The maximum absolute atomic E-state index is 11.5. The third-order valence-corrected chi connectivity index (χ3v) is 4.31. The zero-order valence-electron chi connectivity index (χ0n) is 10.8. The van der Waals surface area contributed by atoms with Gasteiger partial charge in [0.2, 0.25) is 0 Å². The van der Waals surface area contributed by atoms with Crippen LogP contribution in [0.15, 0.2) is 51.8 Å². The average Bonchev–Trinajstić information content (AvgIpc) is 2.40. The molecule has 6 heteroatoms. The summed E-state index contributed by atoms with van der Waals surface area (Å²) < 4.78 is 29.7. The first-order chi connectivity index (χ1) is 9.40. The van der Waals surface area contributed by atoms with E-state index in [1.54, 1.807) is 18.2 Å². The van der Waals surface area contributed by atoms with Crippen LogP contribution in [0.3, 0.4) is 0 Å². The Bertz CT molecular complexity index is 729. The standard InChI is InChI=1S/C14H14BrNO3S/c1-20(17,18)13-4-2-3-12(8-13)19-14-6-5-11(15)7-10(14)9-16/h2-8H,9,16H2,1H3. The predicted molar refractivity (Wildman–Crippen MR) is 81.7 cm³/mol. The summed E-state index contributed by atoms with van der Waals surface area (Å²) in [6, 6.07) is 11.9. The smallest absolute Gasteiger partial charge is 0.175 e. The van der Waals surface area contributed by atoms with Gasteiger partial charge in [-0.15, -0.1) is 0 Å². The van der Waals surface area contributed by atoms with E-state index in [0.29, 0.717) is 18.0 Å². The third kappa shape index (κ3) is 3.59. The number of halogens is 1. The van der Waals surface area contributed by atoms with E-state index in [0.717, 1.165) is 16.3 Å². The molecule has 4 nitrogen and oxygen atoms in total. The molecule has 0 heterocycles. The van der Waals surface area contributed by atoms with Crippen molar-refractivity contribution in [1.29, 1.82) is 0 Å². The lowest BCUT2D eigenvalue weighted by Gasteiger charge is -2.11. The molecule has 0 aromatic heterocycles. The quantitative estimate of drug-likeness (QED) is 0.914. The van der Waals surface area contributed by atoms with E-state index >= 15 is 0 Å². The molecular weight excluding hydrogens is 342 g/mol. The molecule has 0 fully saturated rings. The van der Waals surface area contributed by atoms with E-state index in [1.807, 2.05) is 12.1 Å². The fourth-order valence-corrected chi connectivity index (χ4v) is 2.77. The van der Waals surface area contributed by atoms with Crippen LogP contribution in [0.1, 0.15) is 5.56 Å². The maximum Gasteiger partial charge on any atom is 0.175 e. The van der Waals surface area contributed by atoms with Crippen molar-refractivity contribution in [3.8, 4) is 11.5 Å². The summed E-state index contributed by atoms with van der Waals surface area (Å²) in [5.41, 5.74) is 6.51. The van der Waals surface area contributed by atoms with Crippen LogP contribution in [0, 0.1) is 0 Å². The monoisotopic (exact) mass is 355 g/mol. The van der Waals surface area contributed by atoms with Crippen molar-refractivity contribution in [3.63, 3.8) is 0 Å². The first kappa shape index (κ1) is 15.0. The molecule has 0 amide bonds. The molecule has 0 spiro atoms. The molecule has 2 N–H and O–H groups in total. The van der Waals surface area contributed by atoms with E-state index in [4.69, 9.17) is 10.5 Å². The lowest BCUT2D eigenvalue weighted by Crippen LogP contribution is -2.00. The third-order valence-electron chi connectivity index (χ3n) is 2.70. The highest BCUT2D eigenvalue weighted by molar-refractivity contribution is 9.10. The minimum Gasteiger partial charge on any atom is -0.457 e. The first-order valence-electron chi connectivity index (χ1n) is 5.86. The summed E-state index contributed by atoms with van der Waals surface area (Å²) in [5.74, 6) is 1.08. The number of hydrogen-bond donors (Lipinski definition) is 1. The van der Waals surface area contributed by atoms with Gasteiger partial charge in [-0.3, -0.25) is 0 Å². The van der Waals surface area contributed by atoms with E-state index in [1.165, 1.54) is 12.1 Å². The molecule has 0 unspecified atom stereocenters. The van der Waals surface area contributed by atoms with Crippen molar-refractivity contribution in [2.24, 2.45) is 5.73 Å². The Morgan fingerprint density at radius 1 is 1.20 bits per heavy atom. The lowest BCUT2D eigenvalue weighted by molar-refractivity contribution is 0.474. The van der Waals surface area contributed by atoms with E-state index in [9.17, 15) is 8.42 Å². The molecule has 0 saturated heterocycles. The van der Waals surface area contributed by atoms with Crippen molar-refractivity contribution in [2.75, 3.05) is 6.26 Å². The second kappa shape index (κ2) is 5.95. The number of benzene rings is 2. The number of sulfone groups is 1. The molecular formula is C14H14BrNO3S. The van der Waals surface area contributed by atoms with Gasteiger partial charge in [0.1, 0.15) is 11.5 Å². The van der Waals surface area contributed by atoms with Gasteiger partial charge in [0, 0.05) is 22.8 Å². The van der Waals surface area contributed by atoms with Gasteiger partial charge in [-0.25, -0.2) is 8.42 Å². The summed E-state index contributed by atoms with van der Waals surface area (Å²) in [4.78, 5) is 0.224. The predicted octanol–water partition coefficient (Wildman–Crippen LogP) is 3.10. The summed E-state index contributed by atoms with van der Waals surface area (Å²) in [5, 5.41) is 0. The highest BCUT2D eigenvalue weighted by atomic mass is 79.9. The Morgan fingerprint density at radius 3 is 2.60 bits per heavy atom. The summed E-state index contributed by atoms with van der Waals surface area (Å²) in [6.45, 7) is 0.334. The largest absolute Gasteiger partial charge is 0.457 e. The van der Waals surface area contributed by atoms with Gasteiger partial charge < -0.3 is 10.5 Å². The summed E-state index contributed by atoms with van der Waals surface area (Å²) in [7, 11) is -3.25. The highest BCUT2D eigenvalue weighted by Gasteiger charge is 2.09. The molecule has 2 aromatic rings. The van der Waals surface area contributed by atoms with Gasteiger partial charge in [0.25, 0.3) is 0 Å². The van der Waals surface area contributed by atoms with Crippen molar-refractivity contribution in [3.05, 3.63) is 52.5 Å². The Kier molecular flexibility index (Phi) is 4.47. The van der Waals surface area contributed by atoms with Crippen LogP contribution >= 0.6 is 15.9 Å². The molecule has 106 valence electrons. The zero-order valence-corrected chi connectivity index (χ0v) is 13.2. The normalized spacial score (nSPS) is 11.3. The maximum atomic E-state index is 11.5. The molecule has 0 aliphatic heterocycles. The second-order valence-corrected chi connectivity index (χ2v) is 7.24.